The first-order chi connectivity index (χ1) is 9.62. The van der Waals surface area contributed by atoms with Crippen LogP contribution in [0.15, 0.2) is 0 Å². The molecule has 2 unspecified atom stereocenters. The van der Waals surface area contributed by atoms with E-state index in [1.165, 1.54) is 0 Å². The second kappa shape index (κ2) is 6.87. The molecule has 0 aromatic carbocycles. The predicted molar refractivity (Wildman–Crippen MR) is 79.4 cm³/mol. The molecule has 3 N–H and O–H groups in total. The summed E-state index contributed by atoms with van der Waals surface area (Å²) in [6, 6.07) is 0. The number of nitrogens with two attached hydrogens (primary N) is 1. The second-order valence-electron chi connectivity index (χ2n) is 6.10. The highest BCUT2D eigenvalue weighted by atomic mass is 16.5. The van der Waals surface area contributed by atoms with Gasteiger partial charge in [0.15, 0.2) is 0 Å². The molecule has 0 aromatic rings. The van der Waals surface area contributed by atoms with Crippen LogP contribution in [-0.4, -0.2) is 55.2 Å². The third kappa shape index (κ3) is 3.51. The lowest BCUT2D eigenvalue weighted by Crippen LogP contribution is -2.63. The Labute approximate surface area is 122 Å². The summed E-state index contributed by atoms with van der Waals surface area (Å²) in [5, 5.41) is 3.39. The van der Waals surface area contributed by atoms with Gasteiger partial charge in [0.1, 0.15) is 5.54 Å². The van der Waals surface area contributed by atoms with Crippen LogP contribution in [-0.2, 0) is 9.53 Å². The van der Waals surface area contributed by atoms with Gasteiger partial charge in [-0.2, -0.15) is 0 Å². The van der Waals surface area contributed by atoms with Crippen LogP contribution in [0.2, 0.25) is 0 Å². The quantitative estimate of drug-likeness (QED) is 0.655. The van der Waals surface area contributed by atoms with Crippen molar-refractivity contribution in [3.8, 4) is 0 Å². The molecular formula is C15H29N3O2. The number of hydrogen-bond acceptors (Lipinski definition) is 4. The molecule has 0 radical (unpaired) electrons. The van der Waals surface area contributed by atoms with Gasteiger partial charge in [0.2, 0.25) is 5.91 Å². The van der Waals surface area contributed by atoms with Gasteiger partial charge in [-0.25, -0.2) is 0 Å². The molecule has 1 aliphatic carbocycles. The molecule has 2 aliphatic rings. The summed E-state index contributed by atoms with van der Waals surface area (Å²) in [6.45, 7) is 8.36. The average molecular weight is 283 g/mol. The second-order valence-corrected chi connectivity index (χ2v) is 6.10. The maximum atomic E-state index is 12.1. The fourth-order valence-corrected chi connectivity index (χ4v) is 3.32. The van der Waals surface area contributed by atoms with Crippen LogP contribution >= 0.6 is 0 Å². The molecule has 1 saturated carbocycles. The summed E-state index contributed by atoms with van der Waals surface area (Å²) in [6.07, 6.45) is 4.81. The Bertz CT molecular complexity index is 327. The molecule has 0 bridgehead atoms. The van der Waals surface area contributed by atoms with E-state index in [4.69, 9.17) is 10.5 Å². The topological polar surface area (TPSA) is 67.6 Å². The van der Waals surface area contributed by atoms with Crippen LogP contribution in [0.5, 0.6) is 0 Å². The number of rotatable bonds is 9. The lowest BCUT2D eigenvalue weighted by atomic mass is 9.91. The number of nitrogens with zero attached hydrogens (tertiary/aromatic N) is 1. The Hall–Kier alpha value is -0.650. The Morgan fingerprint density at radius 3 is 2.60 bits per heavy atom. The third-order valence-electron chi connectivity index (χ3n) is 4.61. The lowest BCUT2D eigenvalue weighted by Gasteiger charge is -2.37. The molecule has 0 spiro atoms. The molecular weight excluding hydrogens is 254 g/mol. The minimum atomic E-state index is -0.552. The van der Waals surface area contributed by atoms with Gasteiger partial charge < -0.3 is 15.8 Å². The van der Waals surface area contributed by atoms with Crippen LogP contribution in [0.25, 0.3) is 0 Å². The van der Waals surface area contributed by atoms with Crippen molar-refractivity contribution in [2.75, 3.05) is 32.8 Å². The minimum absolute atomic E-state index is 0.201. The van der Waals surface area contributed by atoms with Crippen molar-refractivity contribution < 1.29 is 9.53 Å². The van der Waals surface area contributed by atoms with Gasteiger partial charge in [0.05, 0.1) is 6.10 Å². The van der Waals surface area contributed by atoms with Crippen molar-refractivity contribution in [3.63, 3.8) is 0 Å². The summed E-state index contributed by atoms with van der Waals surface area (Å²) >= 11 is 0. The normalized spacial score (nSPS) is 25.9. The first kappa shape index (κ1) is 15.7. The van der Waals surface area contributed by atoms with E-state index in [2.05, 4.69) is 17.1 Å². The number of amides is 1. The maximum absolute atomic E-state index is 12.1. The highest BCUT2D eigenvalue weighted by molar-refractivity contribution is 5.86. The highest BCUT2D eigenvalue weighted by Gasteiger charge is 2.50. The first-order valence-electron chi connectivity index (χ1n) is 8.01. The summed E-state index contributed by atoms with van der Waals surface area (Å²) in [4.78, 5) is 14.4. The zero-order valence-corrected chi connectivity index (χ0v) is 12.9. The van der Waals surface area contributed by atoms with E-state index in [0.29, 0.717) is 18.6 Å². The largest absolute Gasteiger partial charge is 0.377 e. The van der Waals surface area contributed by atoms with Gasteiger partial charge in [-0.1, -0.05) is 13.8 Å². The highest BCUT2D eigenvalue weighted by Crippen LogP contribution is 2.40. The number of carbonyl (C=O) groups is 1. The van der Waals surface area contributed by atoms with Gasteiger partial charge in [0.25, 0.3) is 0 Å². The van der Waals surface area contributed by atoms with Crippen LogP contribution < -0.4 is 11.1 Å². The number of primary amides is 1. The summed E-state index contributed by atoms with van der Waals surface area (Å²) in [7, 11) is 0. The molecule has 2 atom stereocenters. The van der Waals surface area contributed by atoms with E-state index in [-0.39, 0.29) is 5.91 Å². The van der Waals surface area contributed by atoms with Gasteiger partial charge in [-0.15, -0.1) is 0 Å². The van der Waals surface area contributed by atoms with Crippen molar-refractivity contribution in [1.82, 2.24) is 10.2 Å². The van der Waals surface area contributed by atoms with Gasteiger partial charge in [-0.3, -0.25) is 9.69 Å². The van der Waals surface area contributed by atoms with Crippen molar-refractivity contribution in [1.29, 1.82) is 0 Å². The van der Waals surface area contributed by atoms with E-state index >= 15 is 0 Å². The predicted octanol–water partition coefficient (Wildman–Crippen LogP) is 0.731. The van der Waals surface area contributed by atoms with E-state index < -0.39 is 5.54 Å². The Kier molecular flexibility index (Phi) is 5.41. The standard InChI is InChI=1S/C15H29N3O2/c1-3-17-15(14(16)19,12-7-8-12)11-18(4-2)10-13-6-5-9-20-13/h12-13,17H,3-11H2,1-2H3,(H2,16,19). The number of ether oxygens (including phenoxy) is 1. The molecule has 2 fully saturated rings. The fraction of sp³-hybridized carbons (Fsp3) is 0.933. The van der Waals surface area contributed by atoms with Gasteiger partial charge >= 0.3 is 0 Å². The maximum Gasteiger partial charge on any atom is 0.239 e. The number of carbonyl (C=O) groups excluding carboxylic acids is 1. The Morgan fingerprint density at radius 1 is 1.40 bits per heavy atom. The molecule has 116 valence electrons. The summed E-state index contributed by atoms with van der Waals surface area (Å²) in [5.74, 6) is 0.200. The average Bonchev–Trinajstić information content (AvgIpc) is 3.16. The van der Waals surface area contributed by atoms with E-state index in [1.807, 2.05) is 6.92 Å². The van der Waals surface area contributed by atoms with E-state index in [0.717, 1.165) is 51.9 Å². The molecule has 1 heterocycles. The van der Waals surface area contributed by atoms with Crippen molar-refractivity contribution in [2.45, 2.75) is 51.2 Å². The number of likely N-dealkylation sites (N-methyl/N-ethyl adjacent to an activating group) is 2. The third-order valence-corrected chi connectivity index (χ3v) is 4.61. The van der Waals surface area contributed by atoms with Crippen molar-refractivity contribution in [2.24, 2.45) is 11.7 Å². The zero-order valence-electron chi connectivity index (χ0n) is 12.9. The molecule has 5 heteroatoms. The molecule has 1 aliphatic heterocycles. The van der Waals surface area contributed by atoms with Gasteiger partial charge in [-0.05, 0) is 44.7 Å². The fourth-order valence-electron chi connectivity index (χ4n) is 3.32. The smallest absolute Gasteiger partial charge is 0.239 e. The Morgan fingerprint density at radius 2 is 2.15 bits per heavy atom. The lowest BCUT2D eigenvalue weighted by molar-refractivity contribution is -0.126. The molecule has 1 amide bonds. The summed E-state index contributed by atoms with van der Waals surface area (Å²) in [5.41, 5.74) is 5.20. The number of nitrogens with one attached hydrogen (secondary N) is 1. The molecule has 5 nitrogen and oxygen atoms in total. The minimum Gasteiger partial charge on any atom is -0.377 e. The number of hydrogen-bond donors (Lipinski definition) is 2. The molecule has 0 aromatic heterocycles. The van der Waals surface area contributed by atoms with Crippen LogP contribution in [0.3, 0.4) is 0 Å². The molecule has 1 saturated heterocycles. The van der Waals surface area contributed by atoms with Crippen LogP contribution in [0.4, 0.5) is 0 Å². The summed E-state index contributed by atoms with van der Waals surface area (Å²) < 4.78 is 5.72. The van der Waals surface area contributed by atoms with Crippen molar-refractivity contribution in [3.05, 3.63) is 0 Å². The van der Waals surface area contributed by atoms with E-state index in [1.54, 1.807) is 0 Å². The van der Waals surface area contributed by atoms with E-state index in [9.17, 15) is 4.79 Å². The van der Waals surface area contributed by atoms with Gasteiger partial charge in [0, 0.05) is 19.7 Å². The van der Waals surface area contributed by atoms with Crippen molar-refractivity contribution >= 4 is 5.91 Å². The molecule has 2 rings (SSSR count). The monoisotopic (exact) mass is 283 g/mol. The van der Waals surface area contributed by atoms with Crippen LogP contribution in [0, 0.1) is 5.92 Å². The zero-order chi connectivity index (χ0) is 14.6. The SMILES string of the molecule is CCNC(CN(CC)CC1CCCO1)(C(N)=O)C1CC1. The first-order valence-corrected chi connectivity index (χ1v) is 8.01. The van der Waals surface area contributed by atoms with Crippen LogP contribution in [0.1, 0.15) is 39.5 Å². The molecule has 20 heavy (non-hydrogen) atoms. The Balaban J connectivity index is 2.01.